The van der Waals surface area contributed by atoms with Crippen LogP contribution in [0, 0.1) is 5.41 Å². The fourth-order valence-corrected chi connectivity index (χ4v) is 1.13. The first-order valence-electron chi connectivity index (χ1n) is 5.77. The van der Waals surface area contributed by atoms with Crippen molar-refractivity contribution in [2.24, 2.45) is 5.41 Å². The van der Waals surface area contributed by atoms with Crippen LogP contribution >= 0.6 is 0 Å². The van der Waals surface area contributed by atoms with Crippen LogP contribution in [0.2, 0.25) is 0 Å². The average Bonchev–Trinajstić information content (AvgIpc) is 2.26. The van der Waals surface area contributed by atoms with Crippen molar-refractivity contribution in [3.05, 3.63) is 12.4 Å². The molecule has 0 spiro atoms. The number of carboxylic acids is 1. The Morgan fingerprint density at radius 1 is 1.50 bits per heavy atom. The number of hydrogen-bond donors (Lipinski definition) is 2. The zero-order valence-electron chi connectivity index (χ0n) is 11.1. The first-order valence-corrected chi connectivity index (χ1v) is 5.77. The summed E-state index contributed by atoms with van der Waals surface area (Å²) in [5.74, 6) is 0.160. The summed E-state index contributed by atoms with van der Waals surface area (Å²) >= 11 is 0. The SMILES string of the molecule is CC(C)Oc1cc(NCC(C)(C)C(=O)O)ncn1. The van der Waals surface area contributed by atoms with Gasteiger partial charge in [0.1, 0.15) is 12.1 Å². The molecule has 1 heterocycles. The maximum atomic E-state index is 11.0. The molecule has 0 aromatic carbocycles. The topological polar surface area (TPSA) is 84.3 Å². The van der Waals surface area contributed by atoms with Crippen molar-refractivity contribution in [3.63, 3.8) is 0 Å². The third-order valence-electron chi connectivity index (χ3n) is 2.29. The van der Waals surface area contributed by atoms with Gasteiger partial charge in [-0.1, -0.05) is 0 Å². The highest BCUT2D eigenvalue weighted by molar-refractivity contribution is 5.74. The van der Waals surface area contributed by atoms with Gasteiger partial charge in [-0.25, -0.2) is 9.97 Å². The Balaban J connectivity index is 2.65. The molecule has 0 aliphatic heterocycles. The second-order valence-corrected chi connectivity index (χ2v) is 4.95. The summed E-state index contributed by atoms with van der Waals surface area (Å²) in [7, 11) is 0. The average molecular weight is 253 g/mol. The zero-order chi connectivity index (χ0) is 13.8. The van der Waals surface area contributed by atoms with Crippen molar-refractivity contribution in [2.45, 2.75) is 33.8 Å². The van der Waals surface area contributed by atoms with Crippen molar-refractivity contribution >= 4 is 11.8 Å². The van der Waals surface area contributed by atoms with E-state index in [1.54, 1.807) is 19.9 Å². The second-order valence-electron chi connectivity index (χ2n) is 4.95. The molecule has 0 saturated heterocycles. The van der Waals surface area contributed by atoms with Gasteiger partial charge in [0.15, 0.2) is 0 Å². The lowest BCUT2D eigenvalue weighted by Crippen LogP contribution is -2.32. The van der Waals surface area contributed by atoms with E-state index in [2.05, 4.69) is 15.3 Å². The third kappa shape index (κ3) is 4.20. The number of aliphatic carboxylic acids is 1. The van der Waals surface area contributed by atoms with E-state index in [0.29, 0.717) is 11.7 Å². The molecule has 2 N–H and O–H groups in total. The Morgan fingerprint density at radius 2 is 2.17 bits per heavy atom. The summed E-state index contributed by atoms with van der Waals surface area (Å²) in [6.07, 6.45) is 1.41. The Hall–Kier alpha value is -1.85. The van der Waals surface area contributed by atoms with Crippen LogP contribution in [0.15, 0.2) is 12.4 Å². The number of nitrogens with one attached hydrogen (secondary N) is 1. The van der Waals surface area contributed by atoms with E-state index in [-0.39, 0.29) is 12.6 Å². The second kappa shape index (κ2) is 5.66. The quantitative estimate of drug-likeness (QED) is 0.804. The summed E-state index contributed by atoms with van der Waals surface area (Å²) in [5, 5.41) is 12.0. The number of nitrogens with zero attached hydrogens (tertiary/aromatic N) is 2. The first kappa shape index (κ1) is 14.2. The molecule has 0 bridgehead atoms. The summed E-state index contributed by atoms with van der Waals surface area (Å²) in [6.45, 7) is 7.38. The molecule has 0 aliphatic rings. The van der Waals surface area contributed by atoms with Crippen molar-refractivity contribution in [1.82, 2.24) is 9.97 Å². The highest BCUT2D eigenvalue weighted by Crippen LogP contribution is 2.18. The number of aromatic nitrogens is 2. The van der Waals surface area contributed by atoms with Crippen LogP contribution in [0.1, 0.15) is 27.7 Å². The van der Waals surface area contributed by atoms with E-state index in [0.717, 1.165) is 0 Å². The van der Waals surface area contributed by atoms with Crippen LogP contribution in [0.25, 0.3) is 0 Å². The van der Waals surface area contributed by atoms with Crippen molar-refractivity contribution in [1.29, 1.82) is 0 Å². The minimum absolute atomic E-state index is 0.0308. The maximum Gasteiger partial charge on any atom is 0.310 e. The number of anilines is 1. The Bertz CT molecular complexity index is 419. The lowest BCUT2D eigenvalue weighted by molar-refractivity contribution is -0.146. The lowest BCUT2D eigenvalue weighted by Gasteiger charge is -2.19. The molecule has 6 heteroatoms. The van der Waals surface area contributed by atoms with E-state index < -0.39 is 11.4 Å². The fraction of sp³-hybridized carbons (Fsp3) is 0.583. The van der Waals surface area contributed by atoms with Gasteiger partial charge in [-0.15, -0.1) is 0 Å². The van der Waals surface area contributed by atoms with Gasteiger partial charge < -0.3 is 15.2 Å². The maximum absolute atomic E-state index is 11.0. The number of rotatable bonds is 6. The predicted octanol–water partition coefficient (Wildman–Crippen LogP) is 1.79. The molecule has 6 nitrogen and oxygen atoms in total. The molecule has 0 fully saturated rings. The van der Waals surface area contributed by atoms with Gasteiger partial charge in [-0.3, -0.25) is 4.79 Å². The molecular formula is C12H19N3O3. The summed E-state index contributed by atoms with van der Waals surface area (Å²) < 4.78 is 5.43. The van der Waals surface area contributed by atoms with E-state index in [9.17, 15) is 4.79 Å². The Kier molecular flexibility index (Phi) is 4.47. The smallest absolute Gasteiger partial charge is 0.310 e. The van der Waals surface area contributed by atoms with E-state index in [4.69, 9.17) is 9.84 Å². The number of ether oxygens (including phenoxy) is 1. The van der Waals surface area contributed by atoms with Gasteiger partial charge in [0.25, 0.3) is 0 Å². The Labute approximate surface area is 106 Å². The standard InChI is InChI=1S/C12H19N3O3/c1-8(2)18-10-5-9(14-7-15-10)13-6-12(3,4)11(16)17/h5,7-8H,6H2,1-4H3,(H,16,17)(H,13,14,15). The van der Waals surface area contributed by atoms with E-state index in [1.807, 2.05) is 13.8 Å². The van der Waals surface area contributed by atoms with Gasteiger partial charge in [-0.2, -0.15) is 0 Å². The predicted molar refractivity (Wildman–Crippen MR) is 67.7 cm³/mol. The van der Waals surface area contributed by atoms with E-state index in [1.165, 1.54) is 6.33 Å². The largest absolute Gasteiger partial charge is 0.481 e. The number of carbonyl (C=O) groups is 1. The summed E-state index contributed by atoms with van der Waals surface area (Å²) in [4.78, 5) is 18.9. The molecule has 1 rings (SSSR count). The van der Waals surface area contributed by atoms with Crippen LogP contribution in [0.4, 0.5) is 5.82 Å². The van der Waals surface area contributed by atoms with Gasteiger partial charge in [0.05, 0.1) is 11.5 Å². The first-order chi connectivity index (χ1) is 8.31. The van der Waals surface area contributed by atoms with Crippen molar-refractivity contribution in [3.8, 4) is 5.88 Å². The number of hydrogen-bond acceptors (Lipinski definition) is 5. The van der Waals surface area contributed by atoms with Crippen LogP contribution < -0.4 is 10.1 Å². The molecule has 0 amide bonds. The van der Waals surface area contributed by atoms with Crippen LogP contribution in [0.3, 0.4) is 0 Å². The van der Waals surface area contributed by atoms with Gasteiger partial charge in [-0.05, 0) is 27.7 Å². The fourth-order valence-electron chi connectivity index (χ4n) is 1.13. The number of carboxylic acid groups (broad SMARTS) is 1. The molecule has 0 radical (unpaired) electrons. The molecule has 0 saturated carbocycles. The van der Waals surface area contributed by atoms with Gasteiger partial charge >= 0.3 is 5.97 Å². The van der Waals surface area contributed by atoms with Crippen LogP contribution in [-0.2, 0) is 4.79 Å². The molecule has 100 valence electrons. The molecule has 0 unspecified atom stereocenters. The van der Waals surface area contributed by atoms with Crippen molar-refractivity contribution in [2.75, 3.05) is 11.9 Å². The lowest BCUT2D eigenvalue weighted by atomic mass is 9.94. The highest BCUT2D eigenvalue weighted by atomic mass is 16.5. The van der Waals surface area contributed by atoms with Crippen LogP contribution in [0.5, 0.6) is 5.88 Å². The minimum Gasteiger partial charge on any atom is -0.481 e. The van der Waals surface area contributed by atoms with Crippen LogP contribution in [-0.4, -0.2) is 33.7 Å². The normalized spacial score (nSPS) is 11.4. The van der Waals surface area contributed by atoms with E-state index >= 15 is 0 Å². The molecule has 18 heavy (non-hydrogen) atoms. The minimum atomic E-state index is -0.859. The van der Waals surface area contributed by atoms with Gasteiger partial charge in [0, 0.05) is 12.6 Å². The summed E-state index contributed by atoms with van der Waals surface area (Å²) in [5.41, 5.74) is -0.857. The molecular weight excluding hydrogens is 234 g/mol. The molecule has 1 aromatic heterocycles. The highest BCUT2D eigenvalue weighted by Gasteiger charge is 2.26. The molecule has 1 aromatic rings. The molecule has 0 aliphatic carbocycles. The monoisotopic (exact) mass is 253 g/mol. The van der Waals surface area contributed by atoms with Gasteiger partial charge in [0.2, 0.25) is 5.88 Å². The third-order valence-corrected chi connectivity index (χ3v) is 2.29. The van der Waals surface area contributed by atoms with Crippen molar-refractivity contribution < 1.29 is 14.6 Å². The Morgan fingerprint density at radius 3 is 2.72 bits per heavy atom. The molecule has 0 atom stereocenters. The summed E-state index contributed by atoms with van der Waals surface area (Å²) in [6, 6.07) is 1.65. The zero-order valence-corrected chi connectivity index (χ0v) is 11.1.